The van der Waals surface area contributed by atoms with Crippen molar-refractivity contribution in [2.75, 3.05) is 26.7 Å². The molecule has 0 saturated carbocycles. The van der Waals surface area contributed by atoms with Crippen LogP contribution in [0.25, 0.3) is 11.3 Å². The van der Waals surface area contributed by atoms with E-state index < -0.39 is 0 Å². The van der Waals surface area contributed by atoms with Crippen LogP contribution >= 0.6 is 0 Å². The lowest BCUT2D eigenvalue weighted by Gasteiger charge is -2.50. The number of para-hydroxylation sites is 1. The monoisotopic (exact) mass is 406 g/mol. The second-order valence-electron chi connectivity index (χ2n) is 8.53. The van der Waals surface area contributed by atoms with E-state index in [1.54, 1.807) is 13.4 Å². The molecule has 3 aromatic rings. The summed E-state index contributed by atoms with van der Waals surface area (Å²) in [6, 6.07) is 15.0. The van der Waals surface area contributed by atoms with Crippen LogP contribution < -0.4 is 10.1 Å². The van der Waals surface area contributed by atoms with E-state index in [1.165, 1.54) is 25.1 Å². The van der Waals surface area contributed by atoms with Crippen LogP contribution in [0.2, 0.25) is 0 Å². The van der Waals surface area contributed by atoms with Gasteiger partial charge in [0.15, 0.2) is 0 Å². The molecular weight excluding hydrogens is 376 g/mol. The summed E-state index contributed by atoms with van der Waals surface area (Å²) in [5.74, 6) is 3.13. The number of methoxy groups -OCH3 is 1. The summed E-state index contributed by atoms with van der Waals surface area (Å²) in [7, 11) is 3.80. The van der Waals surface area contributed by atoms with Gasteiger partial charge in [-0.05, 0) is 55.6 Å². The van der Waals surface area contributed by atoms with Crippen molar-refractivity contribution in [2.45, 2.75) is 31.3 Å². The van der Waals surface area contributed by atoms with E-state index in [2.05, 4.69) is 34.1 Å². The van der Waals surface area contributed by atoms with Crippen LogP contribution in [0.5, 0.6) is 5.75 Å². The van der Waals surface area contributed by atoms with Gasteiger partial charge in [0, 0.05) is 43.4 Å². The third kappa shape index (κ3) is 3.66. The maximum absolute atomic E-state index is 5.55. The van der Waals surface area contributed by atoms with Gasteiger partial charge in [-0.15, -0.1) is 0 Å². The minimum atomic E-state index is 0.543. The first-order valence-corrected chi connectivity index (χ1v) is 10.9. The summed E-state index contributed by atoms with van der Waals surface area (Å²) in [5, 5.41) is 8.42. The SMILES string of the molecule is COc1ccccc1-c1cc([C@H]2CN3CC[C@H]2C[C@@H]3CNCc2ccco2)n(C)n1. The minimum absolute atomic E-state index is 0.543. The van der Waals surface area contributed by atoms with Crippen molar-refractivity contribution in [2.24, 2.45) is 13.0 Å². The maximum Gasteiger partial charge on any atom is 0.128 e. The lowest BCUT2D eigenvalue weighted by Crippen LogP contribution is -2.55. The van der Waals surface area contributed by atoms with E-state index in [0.717, 1.165) is 42.4 Å². The molecule has 2 aromatic heterocycles. The summed E-state index contributed by atoms with van der Waals surface area (Å²) in [6.45, 7) is 4.13. The number of ether oxygens (including phenoxy) is 1. The largest absolute Gasteiger partial charge is 0.496 e. The van der Waals surface area contributed by atoms with Crippen LogP contribution in [0.3, 0.4) is 0 Å². The molecule has 4 atom stereocenters. The summed E-state index contributed by atoms with van der Waals surface area (Å²) in [5.41, 5.74) is 3.40. The van der Waals surface area contributed by atoms with Gasteiger partial charge in [0.2, 0.25) is 0 Å². The highest BCUT2D eigenvalue weighted by molar-refractivity contribution is 5.67. The Bertz CT molecular complexity index is 981. The molecule has 0 aliphatic carbocycles. The minimum Gasteiger partial charge on any atom is -0.496 e. The Balaban J connectivity index is 1.28. The molecule has 1 unspecified atom stereocenters. The summed E-state index contributed by atoms with van der Waals surface area (Å²) in [4.78, 5) is 2.66. The zero-order valence-corrected chi connectivity index (χ0v) is 17.8. The molecule has 3 saturated heterocycles. The van der Waals surface area contributed by atoms with Crippen LogP contribution in [0.15, 0.2) is 53.1 Å². The standard InChI is InChI=1S/C24H30N4O2/c1-27-23(13-22(26-27)20-7-3-4-8-24(20)29-2)21-16-28-10-9-17(21)12-18(28)14-25-15-19-6-5-11-30-19/h3-8,11,13,17-18,21,25H,9-10,12,14-16H2,1-2H3/t17-,18+,21-/m0/s1. The van der Waals surface area contributed by atoms with Gasteiger partial charge < -0.3 is 14.5 Å². The molecule has 158 valence electrons. The Hall–Kier alpha value is -2.57. The number of aryl methyl sites for hydroxylation is 1. The van der Waals surface area contributed by atoms with Crippen molar-refractivity contribution in [3.05, 3.63) is 60.2 Å². The van der Waals surface area contributed by atoms with Gasteiger partial charge in [0.05, 0.1) is 25.6 Å². The average Bonchev–Trinajstić information content (AvgIpc) is 3.44. The van der Waals surface area contributed by atoms with Crippen molar-refractivity contribution in [1.29, 1.82) is 0 Å². The third-order valence-electron chi connectivity index (χ3n) is 6.82. The molecule has 3 aliphatic rings. The Morgan fingerprint density at radius 1 is 1.23 bits per heavy atom. The van der Waals surface area contributed by atoms with Crippen molar-refractivity contribution >= 4 is 0 Å². The number of hydrogen-bond acceptors (Lipinski definition) is 5. The molecule has 3 aliphatic heterocycles. The topological polar surface area (TPSA) is 55.5 Å². The normalized spacial score (nSPS) is 25.5. The van der Waals surface area contributed by atoms with Crippen LogP contribution in [-0.4, -0.2) is 47.5 Å². The van der Waals surface area contributed by atoms with Gasteiger partial charge in [-0.2, -0.15) is 5.10 Å². The first-order chi connectivity index (χ1) is 14.7. The highest BCUT2D eigenvalue weighted by atomic mass is 16.5. The molecule has 0 spiro atoms. The zero-order valence-electron chi connectivity index (χ0n) is 17.8. The van der Waals surface area contributed by atoms with Gasteiger partial charge in [-0.3, -0.25) is 9.58 Å². The molecule has 0 amide bonds. The van der Waals surface area contributed by atoms with Crippen LogP contribution in [-0.2, 0) is 13.6 Å². The predicted octanol–water partition coefficient (Wildman–Crippen LogP) is 3.66. The molecule has 1 aromatic carbocycles. The smallest absolute Gasteiger partial charge is 0.128 e. The Labute approximate surface area is 177 Å². The second kappa shape index (κ2) is 8.28. The lowest BCUT2D eigenvalue weighted by atomic mass is 9.74. The highest BCUT2D eigenvalue weighted by Crippen LogP contribution is 2.42. The van der Waals surface area contributed by atoms with Gasteiger partial charge >= 0.3 is 0 Å². The fraction of sp³-hybridized carbons (Fsp3) is 0.458. The number of rotatable bonds is 7. The summed E-state index contributed by atoms with van der Waals surface area (Å²) < 4.78 is 13.1. The molecule has 6 nitrogen and oxygen atoms in total. The number of piperidine rings is 3. The predicted molar refractivity (Wildman–Crippen MR) is 116 cm³/mol. The summed E-state index contributed by atoms with van der Waals surface area (Å²) in [6.07, 6.45) is 4.25. The molecule has 6 heteroatoms. The van der Waals surface area contributed by atoms with Crippen molar-refractivity contribution in [3.63, 3.8) is 0 Å². The van der Waals surface area contributed by atoms with Gasteiger partial charge in [-0.25, -0.2) is 0 Å². The molecule has 0 radical (unpaired) electrons. The van der Waals surface area contributed by atoms with Crippen molar-refractivity contribution in [3.8, 4) is 17.0 Å². The molecule has 5 heterocycles. The van der Waals surface area contributed by atoms with Crippen LogP contribution in [0, 0.1) is 5.92 Å². The molecular formula is C24H30N4O2. The number of furan rings is 1. The fourth-order valence-corrected chi connectivity index (χ4v) is 5.28. The summed E-state index contributed by atoms with van der Waals surface area (Å²) >= 11 is 0. The third-order valence-corrected chi connectivity index (χ3v) is 6.82. The number of fused-ring (bicyclic) bond motifs is 3. The first kappa shape index (κ1) is 19.4. The number of nitrogens with one attached hydrogen (secondary N) is 1. The van der Waals surface area contributed by atoms with Crippen molar-refractivity contribution in [1.82, 2.24) is 20.0 Å². The highest BCUT2D eigenvalue weighted by Gasteiger charge is 2.41. The lowest BCUT2D eigenvalue weighted by molar-refractivity contribution is 0.0280. The van der Waals surface area contributed by atoms with E-state index in [9.17, 15) is 0 Å². The number of aromatic nitrogens is 2. The molecule has 6 rings (SSSR count). The molecule has 3 fully saturated rings. The van der Waals surface area contributed by atoms with Crippen molar-refractivity contribution < 1.29 is 9.15 Å². The number of hydrogen-bond donors (Lipinski definition) is 1. The fourth-order valence-electron chi connectivity index (χ4n) is 5.28. The van der Waals surface area contributed by atoms with Crippen LogP contribution in [0.1, 0.15) is 30.2 Å². The van der Waals surface area contributed by atoms with E-state index in [0.29, 0.717) is 17.9 Å². The van der Waals surface area contributed by atoms with Crippen LogP contribution in [0.4, 0.5) is 0 Å². The second-order valence-corrected chi connectivity index (χ2v) is 8.53. The first-order valence-electron chi connectivity index (χ1n) is 10.9. The van der Waals surface area contributed by atoms with Gasteiger partial charge in [0.25, 0.3) is 0 Å². The maximum atomic E-state index is 5.55. The molecule has 2 bridgehead atoms. The Kier molecular flexibility index (Phi) is 5.35. The van der Waals surface area contributed by atoms with E-state index in [4.69, 9.17) is 14.3 Å². The van der Waals surface area contributed by atoms with E-state index in [1.807, 2.05) is 30.3 Å². The zero-order chi connectivity index (χ0) is 20.5. The average molecular weight is 407 g/mol. The molecule has 1 N–H and O–H groups in total. The number of benzene rings is 1. The number of nitrogens with zero attached hydrogens (tertiary/aromatic N) is 3. The van der Waals surface area contributed by atoms with Gasteiger partial charge in [-0.1, -0.05) is 12.1 Å². The molecule has 30 heavy (non-hydrogen) atoms. The Morgan fingerprint density at radius 2 is 2.13 bits per heavy atom. The Morgan fingerprint density at radius 3 is 2.90 bits per heavy atom. The van der Waals surface area contributed by atoms with Gasteiger partial charge in [0.1, 0.15) is 11.5 Å². The quantitative estimate of drug-likeness (QED) is 0.649. The van der Waals surface area contributed by atoms with E-state index in [-0.39, 0.29) is 0 Å². The van der Waals surface area contributed by atoms with E-state index >= 15 is 0 Å².